The van der Waals surface area contributed by atoms with Gasteiger partial charge in [-0.3, -0.25) is 14.6 Å². The summed E-state index contributed by atoms with van der Waals surface area (Å²) in [6, 6.07) is 2.01. The zero-order valence-corrected chi connectivity index (χ0v) is 32.1. The SMILES string of the molecule is C=CCOc1c(C)c2c(c3c1CC1[C@H]4c5c(cc(C)c(OC)c5OCOC)C[C@@H]([C@H](C#N)N1[C@H]3CNC(=O)[C@H](C)NC(=O)OC(C)(C)C)N4C)OCO2. The smallest absolute Gasteiger partial charge is 0.408 e. The van der Waals surface area contributed by atoms with Crippen molar-refractivity contribution in [2.75, 3.05) is 48.0 Å². The van der Waals surface area contributed by atoms with Gasteiger partial charge in [0.25, 0.3) is 0 Å². The van der Waals surface area contributed by atoms with Gasteiger partial charge in [-0.25, -0.2) is 4.79 Å². The van der Waals surface area contributed by atoms with Crippen molar-refractivity contribution in [2.24, 2.45) is 0 Å². The van der Waals surface area contributed by atoms with Gasteiger partial charge in [0.05, 0.1) is 25.3 Å². The van der Waals surface area contributed by atoms with Crippen LogP contribution in [-0.4, -0.2) is 99.6 Å². The number of aryl methyl sites for hydroxylation is 1. The Morgan fingerprint density at radius 3 is 2.49 bits per heavy atom. The first-order valence-corrected chi connectivity index (χ1v) is 17.9. The Balaban J connectivity index is 1.50. The normalized spacial score (nSPS) is 23.4. The van der Waals surface area contributed by atoms with E-state index in [0.29, 0.717) is 41.6 Å². The number of nitrogens with zero attached hydrogens (tertiary/aromatic N) is 3. The Bertz CT molecular complexity index is 1820. The molecule has 53 heavy (non-hydrogen) atoms. The molecule has 0 spiro atoms. The van der Waals surface area contributed by atoms with Crippen LogP contribution in [0.1, 0.15) is 73.2 Å². The molecule has 6 rings (SSSR count). The Morgan fingerprint density at radius 1 is 1.09 bits per heavy atom. The molecule has 0 aliphatic carbocycles. The number of piperazine rings is 1. The maximum absolute atomic E-state index is 13.7. The van der Waals surface area contributed by atoms with Crippen molar-refractivity contribution in [1.82, 2.24) is 20.4 Å². The van der Waals surface area contributed by atoms with Crippen LogP contribution in [0.3, 0.4) is 0 Å². The summed E-state index contributed by atoms with van der Waals surface area (Å²) in [6.07, 6.45) is 2.07. The highest BCUT2D eigenvalue weighted by molar-refractivity contribution is 5.85. The summed E-state index contributed by atoms with van der Waals surface area (Å²) in [4.78, 5) is 30.7. The van der Waals surface area contributed by atoms with Crippen molar-refractivity contribution in [1.29, 1.82) is 5.26 Å². The van der Waals surface area contributed by atoms with Crippen LogP contribution < -0.4 is 34.3 Å². The maximum Gasteiger partial charge on any atom is 0.408 e. The summed E-state index contributed by atoms with van der Waals surface area (Å²) in [5.41, 5.74) is 4.77. The van der Waals surface area contributed by atoms with Crippen LogP contribution in [0.15, 0.2) is 18.7 Å². The second-order valence-electron chi connectivity index (χ2n) is 15.0. The molecule has 0 saturated carbocycles. The maximum atomic E-state index is 13.7. The number of nitriles is 1. The van der Waals surface area contributed by atoms with Crippen LogP contribution in [0.25, 0.3) is 0 Å². The Hall–Kier alpha value is -4.71. The van der Waals surface area contributed by atoms with Crippen LogP contribution in [0.4, 0.5) is 4.79 Å². The summed E-state index contributed by atoms with van der Waals surface area (Å²) >= 11 is 0. The van der Waals surface area contributed by atoms with Gasteiger partial charge in [0.1, 0.15) is 30.0 Å². The zero-order valence-electron chi connectivity index (χ0n) is 32.1. The number of rotatable bonds is 11. The number of hydrogen-bond acceptors (Lipinski definition) is 12. The van der Waals surface area contributed by atoms with Gasteiger partial charge in [-0.2, -0.15) is 5.26 Å². The molecule has 0 radical (unpaired) electrons. The Kier molecular flexibility index (Phi) is 10.7. The lowest BCUT2D eigenvalue weighted by atomic mass is 9.71. The third-order valence-corrected chi connectivity index (χ3v) is 10.5. The van der Waals surface area contributed by atoms with Gasteiger partial charge >= 0.3 is 6.09 Å². The fourth-order valence-corrected chi connectivity index (χ4v) is 8.50. The van der Waals surface area contributed by atoms with E-state index in [9.17, 15) is 14.9 Å². The molecule has 2 amide bonds. The molecule has 4 aliphatic heterocycles. The number of carbonyl (C=O) groups is 2. The second-order valence-corrected chi connectivity index (χ2v) is 15.0. The number of hydrogen-bond donors (Lipinski definition) is 2. The monoisotopic (exact) mass is 733 g/mol. The van der Waals surface area contributed by atoms with Crippen LogP contribution in [0, 0.1) is 25.2 Å². The molecule has 1 unspecified atom stereocenters. The molecule has 14 heteroatoms. The largest absolute Gasteiger partial charge is 0.493 e. The van der Waals surface area contributed by atoms with Crippen molar-refractivity contribution in [3.05, 3.63) is 52.1 Å². The minimum atomic E-state index is -0.903. The number of benzene rings is 2. The molecular weight excluding hydrogens is 682 g/mol. The van der Waals surface area contributed by atoms with Gasteiger partial charge < -0.3 is 43.8 Å². The summed E-state index contributed by atoms with van der Waals surface area (Å²) in [5, 5.41) is 16.7. The molecular formula is C39H51N5O9. The van der Waals surface area contributed by atoms with Crippen molar-refractivity contribution in [3.63, 3.8) is 0 Å². The molecule has 2 aromatic carbocycles. The summed E-state index contributed by atoms with van der Waals surface area (Å²) in [7, 11) is 5.27. The number of likely N-dealkylation sites (N-methyl/N-ethyl adjacent to an activating group) is 1. The number of nitrogens with one attached hydrogen (secondary N) is 2. The first-order valence-electron chi connectivity index (χ1n) is 17.9. The summed E-state index contributed by atoms with van der Waals surface area (Å²) in [6.45, 7) is 15.1. The zero-order chi connectivity index (χ0) is 38.4. The van der Waals surface area contributed by atoms with E-state index in [1.54, 1.807) is 48.0 Å². The van der Waals surface area contributed by atoms with Gasteiger partial charge in [0, 0.05) is 48.0 Å². The van der Waals surface area contributed by atoms with E-state index < -0.39 is 35.7 Å². The number of methoxy groups -OCH3 is 2. The van der Waals surface area contributed by atoms with E-state index in [1.807, 2.05) is 13.8 Å². The number of fused-ring (bicyclic) bond motifs is 9. The molecule has 14 nitrogen and oxygen atoms in total. The number of amides is 2. The Labute approximate surface area is 311 Å². The van der Waals surface area contributed by atoms with E-state index >= 15 is 0 Å². The summed E-state index contributed by atoms with van der Waals surface area (Å²) < 4.78 is 41.6. The lowest BCUT2D eigenvalue weighted by Crippen LogP contribution is -2.69. The predicted molar refractivity (Wildman–Crippen MR) is 195 cm³/mol. The van der Waals surface area contributed by atoms with E-state index in [-0.39, 0.29) is 44.9 Å². The number of carbonyl (C=O) groups excluding carboxylic acids is 2. The van der Waals surface area contributed by atoms with E-state index in [0.717, 1.165) is 33.4 Å². The van der Waals surface area contributed by atoms with Gasteiger partial charge in [-0.1, -0.05) is 18.7 Å². The fourth-order valence-electron chi connectivity index (χ4n) is 8.50. The van der Waals surface area contributed by atoms with Gasteiger partial charge in [-0.05, 0) is 72.6 Å². The number of ether oxygens (including phenoxy) is 7. The third-order valence-electron chi connectivity index (χ3n) is 10.5. The van der Waals surface area contributed by atoms with Gasteiger partial charge in [0.15, 0.2) is 29.8 Å². The van der Waals surface area contributed by atoms with Crippen molar-refractivity contribution in [2.45, 2.75) is 96.2 Å². The minimum Gasteiger partial charge on any atom is -0.493 e. The van der Waals surface area contributed by atoms with Crippen LogP contribution in [0.5, 0.6) is 28.7 Å². The highest BCUT2D eigenvalue weighted by Gasteiger charge is 2.57. The van der Waals surface area contributed by atoms with E-state index in [4.69, 9.17) is 33.2 Å². The van der Waals surface area contributed by atoms with Crippen molar-refractivity contribution in [3.8, 4) is 34.8 Å². The van der Waals surface area contributed by atoms with Crippen molar-refractivity contribution >= 4 is 12.0 Å². The average molecular weight is 734 g/mol. The molecule has 2 bridgehead atoms. The highest BCUT2D eigenvalue weighted by Crippen LogP contribution is 2.58. The molecule has 2 N–H and O–H groups in total. The van der Waals surface area contributed by atoms with E-state index in [1.165, 1.54) is 0 Å². The molecule has 1 saturated heterocycles. The molecule has 0 aromatic heterocycles. The quantitative estimate of drug-likeness (QED) is 0.249. The minimum absolute atomic E-state index is 0.0231. The lowest BCUT2D eigenvalue weighted by Gasteiger charge is -2.60. The molecule has 2 aromatic rings. The number of alkyl carbamates (subject to hydrolysis) is 1. The lowest BCUT2D eigenvalue weighted by molar-refractivity contribution is -0.123. The van der Waals surface area contributed by atoms with Crippen LogP contribution in [0.2, 0.25) is 0 Å². The first kappa shape index (κ1) is 38.0. The van der Waals surface area contributed by atoms with Crippen LogP contribution >= 0.6 is 0 Å². The van der Waals surface area contributed by atoms with Crippen molar-refractivity contribution < 1.29 is 42.7 Å². The summed E-state index contributed by atoms with van der Waals surface area (Å²) in [5.74, 6) is 2.63. The molecule has 286 valence electrons. The Morgan fingerprint density at radius 2 is 1.83 bits per heavy atom. The first-order chi connectivity index (χ1) is 25.3. The standard InChI is InChI=1S/C39H51N5O9/c1-11-12-49-33-21(3)34-36(52-19-51-34)30-24(33)15-26-31-29-23(13-20(2)32(48-10)35(29)50-18-47-9)14-25(43(31)8)27(16-40)44(26)28(30)17-41-37(45)22(4)42-38(46)53-39(5,6)7/h11,13,22,25-28,31H,1,12,14-15,17-19H2,2-10H3,(H,41,45)(H,42,46)/t22-,25-,26?,27-,28-,31-/m0/s1. The van der Waals surface area contributed by atoms with Gasteiger partial charge in [0.2, 0.25) is 12.7 Å². The topological polar surface area (TPSA) is 153 Å². The fraction of sp³-hybridized carbons (Fsp3) is 0.564. The second kappa shape index (κ2) is 15.0. The predicted octanol–water partition coefficient (Wildman–Crippen LogP) is 4.39. The molecule has 4 heterocycles. The highest BCUT2D eigenvalue weighted by atomic mass is 16.7. The molecule has 6 atom stereocenters. The van der Waals surface area contributed by atoms with Gasteiger partial charge in [-0.15, -0.1) is 0 Å². The molecule has 1 fully saturated rings. The van der Waals surface area contributed by atoms with Crippen LogP contribution in [-0.2, 0) is 27.1 Å². The average Bonchev–Trinajstić information content (AvgIpc) is 3.59. The third kappa shape index (κ3) is 6.82. The van der Waals surface area contributed by atoms with E-state index in [2.05, 4.69) is 46.2 Å². The molecule has 4 aliphatic rings.